The van der Waals surface area contributed by atoms with Gasteiger partial charge in [-0.3, -0.25) is 4.90 Å². The minimum atomic E-state index is -0.850. The maximum absolute atomic E-state index is 13.8. The van der Waals surface area contributed by atoms with Crippen molar-refractivity contribution in [3.8, 4) is 22.8 Å². The molecule has 9 heteroatoms. The van der Waals surface area contributed by atoms with Crippen LogP contribution in [0.5, 0.6) is 11.5 Å². The summed E-state index contributed by atoms with van der Waals surface area (Å²) < 4.78 is 11.9. The van der Waals surface area contributed by atoms with Gasteiger partial charge in [0.05, 0.1) is 12.8 Å². The van der Waals surface area contributed by atoms with E-state index in [1.807, 2.05) is 42.5 Å². The molecule has 1 unspecified atom stereocenters. The van der Waals surface area contributed by atoms with Gasteiger partial charge in [0.25, 0.3) is 5.82 Å². The van der Waals surface area contributed by atoms with E-state index in [4.69, 9.17) is 16.0 Å². The molecule has 2 heterocycles. The van der Waals surface area contributed by atoms with Crippen molar-refractivity contribution in [2.45, 2.75) is 18.9 Å². The Morgan fingerprint density at radius 3 is 2.50 bits per heavy atom. The summed E-state index contributed by atoms with van der Waals surface area (Å²) in [5.41, 5.74) is 2.20. The number of methoxy groups -OCH3 is 1. The Balaban J connectivity index is 1.57. The normalized spacial score (nSPS) is 14.4. The highest BCUT2D eigenvalue weighted by Crippen LogP contribution is 2.38. The molecule has 3 aromatic carbocycles. The SMILES string of the molecule is [C-]#[N+]c1c(-c2ccccc2Oc2ccccc2)nnn1C(=O)N1c2ccccc2CCC1C(=O)OC. The molecule has 0 radical (unpaired) electrons. The predicted molar refractivity (Wildman–Crippen MR) is 132 cm³/mol. The van der Waals surface area contributed by atoms with E-state index in [0.29, 0.717) is 35.6 Å². The zero-order chi connectivity index (χ0) is 25.1. The molecule has 0 aliphatic carbocycles. The molecule has 0 bridgehead atoms. The minimum Gasteiger partial charge on any atom is -0.467 e. The fraction of sp³-hybridized carbons (Fsp3) is 0.148. The number of carbonyl (C=O) groups is 2. The van der Waals surface area contributed by atoms with E-state index in [9.17, 15) is 9.59 Å². The molecule has 4 aromatic rings. The van der Waals surface area contributed by atoms with Gasteiger partial charge in [0.1, 0.15) is 23.2 Å². The van der Waals surface area contributed by atoms with Gasteiger partial charge in [-0.15, -0.1) is 5.10 Å². The number of ether oxygens (including phenoxy) is 2. The molecule has 1 aliphatic rings. The van der Waals surface area contributed by atoms with Crippen LogP contribution in [-0.4, -0.2) is 40.1 Å². The number of aromatic nitrogens is 3. The third-order valence-electron chi connectivity index (χ3n) is 5.98. The van der Waals surface area contributed by atoms with Crippen molar-refractivity contribution in [1.82, 2.24) is 15.0 Å². The van der Waals surface area contributed by atoms with E-state index in [0.717, 1.165) is 10.2 Å². The fourth-order valence-corrected chi connectivity index (χ4v) is 4.29. The number of nitrogens with zero attached hydrogens (tertiary/aromatic N) is 5. The standard InChI is InChI=1S/C27H21N5O4/c1-28-25-24(20-13-7-9-15-23(20)36-19-11-4-3-5-12-19)29-30-32(25)27(34)31-21-14-8-6-10-18(21)16-17-22(31)26(33)35-2/h3-15,22H,16-17H2,2H3. The van der Waals surface area contributed by atoms with Gasteiger partial charge in [-0.05, 0) is 42.7 Å². The Kier molecular flexibility index (Phi) is 6.16. The van der Waals surface area contributed by atoms with Gasteiger partial charge in [0, 0.05) is 10.8 Å². The molecule has 1 aliphatic heterocycles. The molecule has 1 amide bonds. The Labute approximate surface area is 207 Å². The average Bonchev–Trinajstić information content (AvgIpc) is 3.36. The third-order valence-corrected chi connectivity index (χ3v) is 5.98. The first-order chi connectivity index (χ1) is 17.6. The number of hydrogen-bond donors (Lipinski definition) is 0. The van der Waals surface area contributed by atoms with E-state index in [1.54, 1.807) is 36.4 Å². The molecule has 178 valence electrons. The van der Waals surface area contributed by atoms with Gasteiger partial charge in [0.2, 0.25) is 0 Å². The lowest BCUT2D eigenvalue weighted by Gasteiger charge is -2.33. The largest absolute Gasteiger partial charge is 0.467 e. The van der Waals surface area contributed by atoms with Crippen LogP contribution in [0, 0.1) is 6.57 Å². The Bertz CT molecular complexity index is 1480. The molecule has 0 fully saturated rings. The van der Waals surface area contributed by atoms with Crippen LogP contribution in [0.3, 0.4) is 0 Å². The van der Waals surface area contributed by atoms with Crippen molar-refractivity contribution in [3.63, 3.8) is 0 Å². The monoisotopic (exact) mass is 479 g/mol. The van der Waals surface area contributed by atoms with Crippen LogP contribution in [0.2, 0.25) is 0 Å². The van der Waals surface area contributed by atoms with Crippen molar-refractivity contribution >= 4 is 23.5 Å². The summed E-state index contributed by atoms with van der Waals surface area (Å²) in [5, 5.41) is 8.21. The summed E-state index contributed by atoms with van der Waals surface area (Å²) in [7, 11) is 1.29. The number of aryl methyl sites for hydroxylation is 1. The second-order valence-corrected chi connectivity index (χ2v) is 8.06. The molecule has 1 aromatic heterocycles. The maximum atomic E-state index is 13.8. The highest BCUT2D eigenvalue weighted by Gasteiger charge is 2.40. The highest BCUT2D eigenvalue weighted by atomic mass is 16.5. The summed E-state index contributed by atoms with van der Waals surface area (Å²) in [6, 6.07) is 22.1. The molecule has 9 nitrogen and oxygen atoms in total. The van der Waals surface area contributed by atoms with Crippen LogP contribution in [0.25, 0.3) is 16.1 Å². The number of para-hydroxylation sites is 3. The van der Waals surface area contributed by atoms with Gasteiger partial charge in [-0.1, -0.05) is 65.9 Å². The lowest BCUT2D eigenvalue weighted by Crippen LogP contribution is -2.50. The van der Waals surface area contributed by atoms with E-state index in [1.165, 1.54) is 12.0 Å². The van der Waals surface area contributed by atoms with Crippen LogP contribution < -0.4 is 9.64 Å². The molecular formula is C27H21N5O4. The highest BCUT2D eigenvalue weighted by molar-refractivity contribution is 6.02. The third kappa shape index (κ3) is 4.05. The van der Waals surface area contributed by atoms with Crippen LogP contribution in [0.4, 0.5) is 16.3 Å². The summed E-state index contributed by atoms with van der Waals surface area (Å²) in [6.45, 7) is 7.83. The molecule has 0 N–H and O–H groups in total. The van der Waals surface area contributed by atoms with Gasteiger partial charge < -0.3 is 14.3 Å². The predicted octanol–water partition coefficient (Wildman–Crippen LogP) is 5.25. The molecule has 0 saturated heterocycles. The molecule has 5 rings (SSSR count). The zero-order valence-corrected chi connectivity index (χ0v) is 19.4. The molecular weight excluding hydrogens is 458 g/mol. The number of hydrogen-bond acceptors (Lipinski definition) is 6. The van der Waals surface area contributed by atoms with Crippen molar-refractivity contribution in [2.75, 3.05) is 12.0 Å². The number of esters is 1. The van der Waals surface area contributed by atoms with Gasteiger partial charge in [-0.25, -0.2) is 9.59 Å². The Morgan fingerprint density at radius 2 is 1.72 bits per heavy atom. The van der Waals surface area contributed by atoms with Crippen molar-refractivity contribution in [1.29, 1.82) is 0 Å². The quantitative estimate of drug-likeness (QED) is 0.293. The Morgan fingerprint density at radius 1 is 1.00 bits per heavy atom. The van der Waals surface area contributed by atoms with E-state index >= 15 is 0 Å². The number of rotatable bonds is 4. The molecule has 0 spiro atoms. The van der Waals surface area contributed by atoms with Crippen molar-refractivity contribution in [2.24, 2.45) is 0 Å². The average molecular weight is 479 g/mol. The van der Waals surface area contributed by atoms with Gasteiger partial charge in [-0.2, -0.15) is 0 Å². The first-order valence-corrected chi connectivity index (χ1v) is 11.3. The van der Waals surface area contributed by atoms with E-state index in [-0.39, 0.29) is 11.5 Å². The summed E-state index contributed by atoms with van der Waals surface area (Å²) in [4.78, 5) is 31.3. The first-order valence-electron chi connectivity index (χ1n) is 11.3. The molecule has 0 saturated carbocycles. The first kappa shape index (κ1) is 22.8. The number of amides is 1. The topological polar surface area (TPSA) is 90.9 Å². The number of carbonyl (C=O) groups excluding carboxylic acids is 2. The summed E-state index contributed by atoms with van der Waals surface area (Å²) in [6.07, 6.45) is 1.00. The number of benzene rings is 3. The van der Waals surface area contributed by atoms with Gasteiger partial charge in [0.15, 0.2) is 0 Å². The summed E-state index contributed by atoms with van der Waals surface area (Å²) in [5.74, 6) is 0.451. The van der Waals surface area contributed by atoms with Crippen LogP contribution in [0.1, 0.15) is 12.0 Å². The van der Waals surface area contributed by atoms with E-state index < -0.39 is 18.0 Å². The van der Waals surface area contributed by atoms with Crippen molar-refractivity contribution in [3.05, 3.63) is 95.8 Å². The second-order valence-electron chi connectivity index (χ2n) is 8.06. The van der Waals surface area contributed by atoms with Crippen molar-refractivity contribution < 1.29 is 19.1 Å². The number of fused-ring (bicyclic) bond motifs is 1. The fourth-order valence-electron chi connectivity index (χ4n) is 4.29. The van der Waals surface area contributed by atoms with Gasteiger partial charge >= 0.3 is 12.0 Å². The van der Waals surface area contributed by atoms with Crippen LogP contribution >= 0.6 is 0 Å². The lowest BCUT2D eigenvalue weighted by atomic mass is 9.96. The Hall–Kier alpha value is -4.97. The molecule has 1 atom stereocenters. The minimum absolute atomic E-state index is 0.0872. The second kappa shape index (κ2) is 9.72. The van der Waals surface area contributed by atoms with E-state index in [2.05, 4.69) is 15.2 Å². The molecule has 36 heavy (non-hydrogen) atoms. The number of anilines is 1. The smallest absolute Gasteiger partial charge is 0.428 e. The zero-order valence-electron chi connectivity index (χ0n) is 19.4. The summed E-state index contributed by atoms with van der Waals surface area (Å²) >= 11 is 0. The lowest BCUT2D eigenvalue weighted by molar-refractivity contribution is -0.142. The van der Waals surface area contributed by atoms with Crippen LogP contribution in [-0.2, 0) is 16.0 Å². The van der Waals surface area contributed by atoms with Crippen LogP contribution in [0.15, 0.2) is 78.9 Å². The maximum Gasteiger partial charge on any atom is 0.428 e.